The van der Waals surface area contributed by atoms with Gasteiger partial charge in [0.05, 0.1) is 10.6 Å². The minimum absolute atomic E-state index is 0.116. The van der Waals surface area contributed by atoms with Crippen molar-refractivity contribution in [3.63, 3.8) is 0 Å². The molecule has 5 nitrogen and oxygen atoms in total. The molecule has 5 heteroatoms. The lowest BCUT2D eigenvalue weighted by molar-refractivity contribution is -0.384. The maximum absolute atomic E-state index is 10.8. The summed E-state index contributed by atoms with van der Waals surface area (Å²) in [5.74, 6) is 0. The fraction of sp³-hybridized carbons (Fsp3) is 0.133. The van der Waals surface area contributed by atoms with Crippen LogP contribution in [0.25, 0.3) is 11.1 Å². The van der Waals surface area contributed by atoms with Crippen molar-refractivity contribution >= 4 is 11.4 Å². The predicted molar refractivity (Wildman–Crippen MR) is 75.3 cm³/mol. The molecule has 0 saturated heterocycles. The first-order chi connectivity index (χ1) is 9.60. The van der Waals surface area contributed by atoms with Crippen molar-refractivity contribution in [3.05, 3.63) is 63.2 Å². The lowest BCUT2D eigenvalue weighted by Gasteiger charge is -2.03. The highest BCUT2D eigenvalue weighted by atomic mass is 16.6. The van der Waals surface area contributed by atoms with Crippen LogP contribution < -0.4 is 0 Å². The molecular formula is C15H12N2O3. The van der Waals surface area contributed by atoms with Gasteiger partial charge in [0.2, 0.25) is 0 Å². The molecule has 20 heavy (non-hydrogen) atoms. The topological polar surface area (TPSA) is 75.7 Å². The Bertz CT molecular complexity index is 751. The van der Waals surface area contributed by atoms with Crippen molar-refractivity contribution in [3.8, 4) is 11.1 Å². The number of fused-ring (bicyclic) bond motifs is 3. The van der Waals surface area contributed by atoms with Gasteiger partial charge in [-0.15, -0.1) is 0 Å². The van der Waals surface area contributed by atoms with Crippen molar-refractivity contribution in [1.82, 2.24) is 0 Å². The van der Waals surface area contributed by atoms with Crippen LogP contribution in [0.3, 0.4) is 0 Å². The third-order valence-corrected chi connectivity index (χ3v) is 3.64. The molecule has 0 amide bonds. The Morgan fingerprint density at radius 3 is 2.50 bits per heavy atom. The average molecular weight is 268 g/mol. The van der Waals surface area contributed by atoms with E-state index in [9.17, 15) is 10.1 Å². The van der Waals surface area contributed by atoms with Gasteiger partial charge >= 0.3 is 0 Å². The van der Waals surface area contributed by atoms with Gasteiger partial charge in [0.15, 0.2) is 0 Å². The summed E-state index contributed by atoms with van der Waals surface area (Å²) in [5, 5.41) is 22.8. The van der Waals surface area contributed by atoms with Crippen molar-refractivity contribution in [2.45, 2.75) is 13.3 Å². The summed E-state index contributed by atoms with van der Waals surface area (Å²) in [7, 11) is 0. The predicted octanol–water partition coefficient (Wildman–Crippen LogP) is 3.36. The highest BCUT2D eigenvalue weighted by molar-refractivity contribution is 5.99. The monoisotopic (exact) mass is 268 g/mol. The molecule has 1 N–H and O–H groups in total. The van der Waals surface area contributed by atoms with Gasteiger partial charge in [-0.3, -0.25) is 10.1 Å². The number of benzene rings is 2. The van der Waals surface area contributed by atoms with Gasteiger partial charge in [0, 0.05) is 12.1 Å². The van der Waals surface area contributed by atoms with Gasteiger partial charge in [-0.05, 0) is 53.3 Å². The van der Waals surface area contributed by atoms with E-state index in [1.807, 2.05) is 18.2 Å². The lowest BCUT2D eigenvalue weighted by Crippen LogP contribution is -1.95. The summed E-state index contributed by atoms with van der Waals surface area (Å²) < 4.78 is 0. The molecule has 0 unspecified atom stereocenters. The van der Waals surface area contributed by atoms with Gasteiger partial charge < -0.3 is 5.21 Å². The zero-order valence-corrected chi connectivity index (χ0v) is 10.8. The van der Waals surface area contributed by atoms with E-state index in [0.29, 0.717) is 12.1 Å². The smallest absolute Gasteiger partial charge is 0.269 e. The van der Waals surface area contributed by atoms with E-state index in [1.54, 1.807) is 19.1 Å². The van der Waals surface area contributed by atoms with E-state index in [-0.39, 0.29) is 10.6 Å². The van der Waals surface area contributed by atoms with E-state index in [1.165, 1.54) is 6.07 Å². The normalized spacial score (nSPS) is 12.9. The molecule has 0 aliphatic heterocycles. The molecule has 1 aliphatic carbocycles. The first-order valence-corrected chi connectivity index (χ1v) is 6.20. The van der Waals surface area contributed by atoms with Crippen LogP contribution in [0, 0.1) is 10.1 Å². The van der Waals surface area contributed by atoms with Crippen molar-refractivity contribution < 1.29 is 10.1 Å². The van der Waals surface area contributed by atoms with E-state index in [0.717, 1.165) is 27.8 Å². The third kappa shape index (κ3) is 1.84. The molecule has 0 bridgehead atoms. The molecule has 0 spiro atoms. The molecule has 0 radical (unpaired) electrons. The molecule has 100 valence electrons. The van der Waals surface area contributed by atoms with Crippen molar-refractivity contribution in [2.75, 3.05) is 0 Å². The minimum Gasteiger partial charge on any atom is -0.411 e. The van der Waals surface area contributed by atoms with Crippen LogP contribution in [-0.2, 0) is 6.42 Å². The van der Waals surface area contributed by atoms with Crippen molar-refractivity contribution in [1.29, 1.82) is 0 Å². The van der Waals surface area contributed by atoms with Crippen LogP contribution in [0.1, 0.15) is 23.6 Å². The van der Waals surface area contributed by atoms with Gasteiger partial charge in [-0.25, -0.2) is 0 Å². The Balaban J connectivity index is 2.07. The largest absolute Gasteiger partial charge is 0.411 e. The highest BCUT2D eigenvalue weighted by Gasteiger charge is 2.21. The summed E-state index contributed by atoms with van der Waals surface area (Å²) in [6.07, 6.45) is 0.666. The lowest BCUT2D eigenvalue weighted by atomic mass is 10.0. The first-order valence-electron chi connectivity index (χ1n) is 6.20. The van der Waals surface area contributed by atoms with E-state index in [4.69, 9.17) is 5.21 Å². The number of rotatable bonds is 2. The van der Waals surface area contributed by atoms with Crippen LogP contribution >= 0.6 is 0 Å². The molecule has 3 rings (SSSR count). The highest BCUT2D eigenvalue weighted by Crippen LogP contribution is 2.38. The number of nitro benzene ring substituents is 1. The molecule has 2 aromatic rings. The van der Waals surface area contributed by atoms with E-state index < -0.39 is 0 Å². The van der Waals surface area contributed by atoms with Crippen LogP contribution in [0.4, 0.5) is 5.69 Å². The Labute approximate surface area is 115 Å². The number of non-ortho nitro benzene ring substituents is 1. The standard InChI is InChI=1S/C15H12N2O3/c1-9(16-18)10-2-4-14-11(6-10)7-12-8-13(17(19)20)3-5-15(12)14/h2-6,8,18H,7H2,1H3/b16-9-. The third-order valence-electron chi connectivity index (χ3n) is 3.64. The zero-order chi connectivity index (χ0) is 14.3. The van der Waals surface area contributed by atoms with Crippen LogP contribution in [0.2, 0.25) is 0 Å². The summed E-state index contributed by atoms with van der Waals surface area (Å²) in [5.41, 5.74) is 5.71. The van der Waals surface area contributed by atoms with Crippen LogP contribution in [0.5, 0.6) is 0 Å². The Morgan fingerprint density at radius 2 is 1.85 bits per heavy atom. The molecule has 2 aromatic carbocycles. The second-order valence-electron chi connectivity index (χ2n) is 4.83. The number of nitro groups is 1. The maximum Gasteiger partial charge on any atom is 0.269 e. The van der Waals surface area contributed by atoms with Gasteiger partial charge in [-0.2, -0.15) is 0 Å². The van der Waals surface area contributed by atoms with Gasteiger partial charge in [-0.1, -0.05) is 17.3 Å². The second-order valence-corrected chi connectivity index (χ2v) is 4.83. The quantitative estimate of drug-likeness (QED) is 0.335. The summed E-state index contributed by atoms with van der Waals surface area (Å²) in [6, 6.07) is 10.8. The van der Waals surface area contributed by atoms with Crippen molar-refractivity contribution in [2.24, 2.45) is 5.16 Å². The molecule has 0 fully saturated rings. The van der Waals surface area contributed by atoms with Crippen LogP contribution in [0.15, 0.2) is 41.6 Å². The summed E-state index contributed by atoms with van der Waals surface area (Å²) >= 11 is 0. The fourth-order valence-electron chi connectivity index (χ4n) is 2.59. The SMILES string of the molecule is C/C(=N/O)c1ccc2c(c1)Cc1cc([N+](=O)[O-])ccc1-2. The Morgan fingerprint density at radius 1 is 1.20 bits per heavy atom. The minimum atomic E-state index is -0.378. The molecule has 0 saturated carbocycles. The molecular weight excluding hydrogens is 256 g/mol. The Hall–Kier alpha value is -2.69. The summed E-state index contributed by atoms with van der Waals surface area (Å²) in [4.78, 5) is 10.4. The molecule has 0 atom stereocenters. The average Bonchev–Trinajstić information content (AvgIpc) is 2.82. The first kappa shape index (κ1) is 12.3. The zero-order valence-electron chi connectivity index (χ0n) is 10.8. The summed E-state index contributed by atoms with van der Waals surface area (Å²) in [6.45, 7) is 1.73. The second kappa shape index (κ2) is 4.45. The van der Waals surface area contributed by atoms with Gasteiger partial charge in [0.25, 0.3) is 5.69 Å². The number of nitrogens with zero attached hydrogens (tertiary/aromatic N) is 2. The number of hydrogen-bond acceptors (Lipinski definition) is 4. The Kier molecular flexibility index (Phi) is 2.75. The van der Waals surface area contributed by atoms with Crippen LogP contribution in [-0.4, -0.2) is 15.8 Å². The van der Waals surface area contributed by atoms with E-state index in [2.05, 4.69) is 5.16 Å². The number of oxime groups is 1. The molecule has 1 aliphatic rings. The number of hydrogen-bond donors (Lipinski definition) is 1. The van der Waals surface area contributed by atoms with E-state index >= 15 is 0 Å². The molecule has 0 heterocycles. The fourth-order valence-corrected chi connectivity index (χ4v) is 2.59. The maximum atomic E-state index is 10.8. The molecule has 0 aromatic heterocycles. The van der Waals surface area contributed by atoms with Gasteiger partial charge in [0.1, 0.15) is 0 Å².